The van der Waals surface area contributed by atoms with Gasteiger partial charge in [0.15, 0.2) is 0 Å². The highest BCUT2D eigenvalue weighted by Gasteiger charge is 2.25. The fraction of sp³-hybridized carbons (Fsp3) is 0.474. The topological polar surface area (TPSA) is 41.1 Å². The average Bonchev–Trinajstić information content (AvgIpc) is 2.54. The Morgan fingerprint density at radius 1 is 1.13 bits per heavy atom. The number of hydrogen-bond acceptors (Lipinski definition) is 4. The van der Waals surface area contributed by atoms with E-state index >= 15 is 0 Å². The van der Waals surface area contributed by atoms with Crippen molar-refractivity contribution in [1.29, 1.82) is 0 Å². The van der Waals surface area contributed by atoms with Gasteiger partial charge in [0.2, 0.25) is 5.95 Å². The molecular formula is C19H24N4. The highest BCUT2D eigenvalue weighted by atomic mass is 15.3. The zero-order valence-corrected chi connectivity index (χ0v) is 13.7. The van der Waals surface area contributed by atoms with Gasteiger partial charge in [-0.05, 0) is 31.4 Å². The first kappa shape index (κ1) is 14.6. The van der Waals surface area contributed by atoms with Gasteiger partial charge in [0.1, 0.15) is 0 Å². The molecule has 0 amide bonds. The predicted molar refractivity (Wildman–Crippen MR) is 92.8 cm³/mol. The molecule has 4 heteroatoms. The summed E-state index contributed by atoms with van der Waals surface area (Å²) in [5.74, 6) is 1.57. The fourth-order valence-corrected chi connectivity index (χ4v) is 3.47. The molecule has 1 N–H and O–H groups in total. The lowest BCUT2D eigenvalue weighted by molar-refractivity contribution is 0.409. The Labute approximate surface area is 138 Å². The largest absolute Gasteiger partial charge is 0.338 e. The van der Waals surface area contributed by atoms with E-state index in [0.29, 0.717) is 12.0 Å². The van der Waals surface area contributed by atoms with Crippen molar-refractivity contribution >= 4 is 5.95 Å². The van der Waals surface area contributed by atoms with Gasteiger partial charge < -0.3 is 10.2 Å². The molecule has 120 valence electrons. The highest BCUT2D eigenvalue weighted by molar-refractivity contribution is 5.36. The Kier molecular flexibility index (Phi) is 4.00. The van der Waals surface area contributed by atoms with Crippen LogP contribution in [0.5, 0.6) is 0 Å². The minimum Gasteiger partial charge on any atom is -0.338 e. The van der Waals surface area contributed by atoms with E-state index in [1.165, 1.54) is 30.5 Å². The molecule has 2 aromatic rings. The van der Waals surface area contributed by atoms with Crippen molar-refractivity contribution in [3.05, 3.63) is 53.3 Å². The number of piperazine rings is 1. The van der Waals surface area contributed by atoms with Crippen molar-refractivity contribution < 1.29 is 0 Å². The summed E-state index contributed by atoms with van der Waals surface area (Å²) in [4.78, 5) is 11.9. The zero-order valence-electron chi connectivity index (χ0n) is 13.7. The molecule has 1 aliphatic carbocycles. The summed E-state index contributed by atoms with van der Waals surface area (Å²) in [6.45, 7) is 4.95. The van der Waals surface area contributed by atoms with Crippen LogP contribution in [0.15, 0.2) is 36.4 Å². The predicted octanol–water partition coefficient (Wildman–Crippen LogP) is 3.20. The lowest BCUT2D eigenvalue weighted by Gasteiger charge is -2.35. The molecule has 0 radical (unpaired) electrons. The molecule has 4 nitrogen and oxygen atoms in total. The molecule has 1 aliphatic heterocycles. The van der Waals surface area contributed by atoms with Crippen LogP contribution in [-0.2, 0) is 0 Å². The van der Waals surface area contributed by atoms with Gasteiger partial charge in [-0.3, -0.25) is 0 Å². The van der Waals surface area contributed by atoms with Crippen LogP contribution in [0.2, 0.25) is 0 Å². The van der Waals surface area contributed by atoms with Crippen LogP contribution in [0, 0.1) is 6.92 Å². The number of aromatic nitrogens is 2. The third-order valence-corrected chi connectivity index (χ3v) is 5.05. The van der Waals surface area contributed by atoms with E-state index in [2.05, 4.69) is 53.5 Å². The Morgan fingerprint density at radius 3 is 2.70 bits per heavy atom. The van der Waals surface area contributed by atoms with Crippen LogP contribution in [0.4, 0.5) is 5.95 Å². The summed E-state index contributed by atoms with van der Waals surface area (Å²) in [5.41, 5.74) is 3.67. The van der Waals surface area contributed by atoms with E-state index in [1.807, 2.05) is 0 Å². The molecule has 0 bridgehead atoms. The summed E-state index contributed by atoms with van der Waals surface area (Å²) < 4.78 is 0. The molecular weight excluding hydrogens is 284 g/mol. The normalized spacial score (nSPS) is 22.0. The minimum atomic E-state index is 0.348. The summed E-state index contributed by atoms with van der Waals surface area (Å²) in [6.07, 6.45) is 3.90. The summed E-state index contributed by atoms with van der Waals surface area (Å²) in [5, 5.41) is 3.61. The van der Waals surface area contributed by atoms with Gasteiger partial charge in [-0.1, -0.05) is 36.8 Å². The lowest BCUT2D eigenvalue weighted by Crippen LogP contribution is -2.46. The Balaban J connectivity index is 1.56. The van der Waals surface area contributed by atoms with E-state index in [0.717, 1.165) is 31.3 Å². The number of hydrogen-bond donors (Lipinski definition) is 1. The first-order valence-corrected chi connectivity index (χ1v) is 8.68. The maximum Gasteiger partial charge on any atom is 0.225 e. The Bertz CT molecular complexity index is 666. The van der Waals surface area contributed by atoms with Gasteiger partial charge in [-0.15, -0.1) is 0 Å². The first-order valence-electron chi connectivity index (χ1n) is 8.68. The number of rotatable bonds is 3. The number of aryl methyl sites for hydroxylation is 1. The molecule has 23 heavy (non-hydrogen) atoms. The second-order valence-electron chi connectivity index (χ2n) is 6.73. The van der Waals surface area contributed by atoms with Gasteiger partial charge in [-0.2, -0.15) is 0 Å². The minimum absolute atomic E-state index is 0.348. The first-order chi connectivity index (χ1) is 11.3. The van der Waals surface area contributed by atoms with Crippen molar-refractivity contribution in [2.24, 2.45) is 0 Å². The molecule has 0 unspecified atom stereocenters. The molecule has 1 aromatic heterocycles. The number of nitrogens with zero attached hydrogens (tertiary/aromatic N) is 3. The Hall–Kier alpha value is -1.94. The van der Waals surface area contributed by atoms with Crippen LogP contribution >= 0.6 is 0 Å². The van der Waals surface area contributed by atoms with Gasteiger partial charge >= 0.3 is 0 Å². The molecule has 2 aliphatic rings. The number of nitrogens with one attached hydrogen (secondary N) is 1. The summed E-state index contributed by atoms with van der Waals surface area (Å²) >= 11 is 0. The van der Waals surface area contributed by atoms with Crippen LogP contribution in [0.1, 0.15) is 48.2 Å². The SMILES string of the molecule is Cc1cc(C2CCC2)nc(N2CCN[C@H](c3ccccc3)C2)n1. The van der Waals surface area contributed by atoms with E-state index < -0.39 is 0 Å². The standard InChI is InChI=1S/C19H24N4/c1-14-12-17(15-8-5-9-15)22-19(21-14)23-11-10-20-18(13-23)16-6-3-2-4-7-16/h2-4,6-7,12,15,18,20H,5,8-11,13H2,1H3/t18-/m0/s1. The van der Waals surface area contributed by atoms with E-state index in [-0.39, 0.29) is 0 Å². The van der Waals surface area contributed by atoms with Crippen molar-refractivity contribution in [2.75, 3.05) is 24.5 Å². The molecule has 1 atom stereocenters. The van der Waals surface area contributed by atoms with E-state index in [9.17, 15) is 0 Å². The number of anilines is 1. The second kappa shape index (κ2) is 6.28. The smallest absolute Gasteiger partial charge is 0.225 e. The molecule has 1 saturated carbocycles. The van der Waals surface area contributed by atoms with Crippen molar-refractivity contribution in [3.63, 3.8) is 0 Å². The van der Waals surface area contributed by atoms with Crippen molar-refractivity contribution in [3.8, 4) is 0 Å². The van der Waals surface area contributed by atoms with Gasteiger partial charge in [0.05, 0.1) is 0 Å². The fourth-order valence-electron chi connectivity index (χ4n) is 3.47. The quantitative estimate of drug-likeness (QED) is 0.945. The summed E-state index contributed by atoms with van der Waals surface area (Å²) in [7, 11) is 0. The van der Waals surface area contributed by atoms with Crippen molar-refractivity contribution in [1.82, 2.24) is 15.3 Å². The lowest BCUT2D eigenvalue weighted by atomic mass is 9.82. The van der Waals surface area contributed by atoms with Crippen LogP contribution in [-0.4, -0.2) is 29.6 Å². The molecule has 1 saturated heterocycles. The van der Waals surface area contributed by atoms with Crippen molar-refractivity contribution in [2.45, 2.75) is 38.1 Å². The molecule has 2 fully saturated rings. The maximum atomic E-state index is 4.89. The molecule has 2 heterocycles. The van der Waals surface area contributed by atoms with Crippen LogP contribution in [0.25, 0.3) is 0 Å². The van der Waals surface area contributed by atoms with Crippen LogP contribution in [0.3, 0.4) is 0 Å². The highest BCUT2D eigenvalue weighted by Crippen LogP contribution is 2.36. The van der Waals surface area contributed by atoms with Gasteiger partial charge in [-0.25, -0.2) is 9.97 Å². The third kappa shape index (κ3) is 3.08. The molecule has 0 spiro atoms. The zero-order chi connectivity index (χ0) is 15.6. The molecule has 4 rings (SSSR count). The summed E-state index contributed by atoms with van der Waals surface area (Å²) in [6, 6.07) is 13.2. The van der Waals surface area contributed by atoms with Gasteiger partial charge in [0.25, 0.3) is 0 Å². The third-order valence-electron chi connectivity index (χ3n) is 5.05. The van der Waals surface area contributed by atoms with E-state index in [1.54, 1.807) is 0 Å². The maximum absolute atomic E-state index is 4.89. The van der Waals surface area contributed by atoms with Gasteiger partial charge in [0, 0.05) is 43.0 Å². The monoisotopic (exact) mass is 308 g/mol. The second-order valence-corrected chi connectivity index (χ2v) is 6.73. The average molecular weight is 308 g/mol. The Morgan fingerprint density at radius 2 is 1.96 bits per heavy atom. The van der Waals surface area contributed by atoms with Crippen LogP contribution < -0.4 is 10.2 Å². The number of benzene rings is 1. The van der Waals surface area contributed by atoms with E-state index in [4.69, 9.17) is 9.97 Å². The molecule has 1 aromatic carbocycles.